The summed E-state index contributed by atoms with van der Waals surface area (Å²) in [6.07, 6.45) is 1.66. The quantitative estimate of drug-likeness (QED) is 0.278. The van der Waals surface area contributed by atoms with Gasteiger partial charge in [-0.3, -0.25) is 0 Å². The minimum atomic E-state index is -0.433. The number of carbonyl (C=O) groups is 1. The van der Waals surface area contributed by atoms with Gasteiger partial charge in [-0.2, -0.15) is 0 Å². The molecule has 114 valence electrons. The maximum atomic E-state index is 12.0. The average molecular weight is 316 g/mol. The third kappa shape index (κ3) is 4.56. The van der Waals surface area contributed by atoms with Crippen LogP contribution in [0.2, 0.25) is 0 Å². The highest BCUT2D eigenvalue weighted by Crippen LogP contribution is 2.19. The molecule has 2 aromatic rings. The summed E-state index contributed by atoms with van der Waals surface area (Å²) in [4.78, 5) is 12.0. The van der Waals surface area contributed by atoms with Crippen LogP contribution in [0.1, 0.15) is 10.4 Å². The molecule has 0 fully saturated rings. The van der Waals surface area contributed by atoms with E-state index in [9.17, 15) is 4.79 Å². The van der Waals surface area contributed by atoms with Gasteiger partial charge in [0.1, 0.15) is 29.8 Å². The van der Waals surface area contributed by atoms with Gasteiger partial charge in [-0.1, -0.05) is 12.7 Å². The van der Waals surface area contributed by atoms with E-state index >= 15 is 0 Å². The Morgan fingerprint density at radius 3 is 2.09 bits per heavy atom. The maximum absolute atomic E-state index is 12.0. The van der Waals surface area contributed by atoms with Crippen LogP contribution in [-0.2, 0) is 0 Å². The number of benzene rings is 2. The predicted octanol–water partition coefficient (Wildman–Crippen LogP) is 3.74. The number of thiol groups is 1. The van der Waals surface area contributed by atoms with Gasteiger partial charge < -0.3 is 14.2 Å². The molecule has 0 amide bonds. The topological polar surface area (TPSA) is 44.8 Å². The molecule has 0 radical (unpaired) electrons. The second-order valence-corrected chi connectivity index (χ2v) is 4.52. The van der Waals surface area contributed by atoms with Crippen molar-refractivity contribution in [2.24, 2.45) is 0 Å². The third-order valence-corrected chi connectivity index (χ3v) is 2.85. The summed E-state index contributed by atoms with van der Waals surface area (Å²) in [5.41, 5.74) is 0.443. The van der Waals surface area contributed by atoms with Crippen LogP contribution in [0.15, 0.2) is 61.2 Å². The van der Waals surface area contributed by atoms with E-state index in [2.05, 4.69) is 19.2 Å². The first-order chi connectivity index (χ1) is 10.7. The molecule has 0 spiro atoms. The standard InChI is InChI=1S/C17H16O4S/c1-2-11-19-14-7-9-16(10-8-14)21-17(18)13-3-5-15(6-4-13)20-12-22/h2-10,22H,1,11-12H2. The number of esters is 1. The highest BCUT2D eigenvalue weighted by atomic mass is 32.1. The molecule has 0 heterocycles. The lowest BCUT2D eigenvalue weighted by Crippen LogP contribution is -2.08. The van der Waals surface area contributed by atoms with Crippen LogP contribution in [-0.4, -0.2) is 18.5 Å². The number of carbonyl (C=O) groups excluding carboxylic acids is 1. The van der Waals surface area contributed by atoms with E-state index in [1.54, 1.807) is 54.6 Å². The minimum Gasteiger partial charge on any atom is -0.490 e. The molecule has 5 heteroatoms. The molecule has 0 saturated heterocycles. The van der Waals surface area contributed by atoms with Crippen molar-refractivity contribution in [3.05, 3.63) is 66.7 Å². The molecule has 4 nitrogen and oxygen atoms in total. The molecular formula is C17H16O4S. The normalized spacial score (nSPS) is 9.86. The molecule has 0 aliphatic heterocycles. The monoisotopic (exact) mass is 316 g/mol. The Labute approximate surface area is 134 Å². The lowest BCUT2D eigenvalue weighted by molar-refractivity contribution is 0.0734. The van der Waals surface area contributed by atoms with Gasteiger partial charge in [0.2, 0.25) is 0 Å². The fourth-order valence-corrected chi connectivity index (χ4v) is 1.84. The van der Waals surface area contributed by atoms with Crippen molar-refractivity contribution in [3.63, 3.8) is 0 Å². The zero-order valence-electron chi connectivity index (χ0n) is 11.9. The largest absolute Gasteiger partial charge is 0.490 e. The molecule has 0 bridgehead atoms. The third-order valence-electron chi connectivity index (χ3n) is 2.72. The lowest BCUT2D eigenvalue weighted by Gasteiger charge is -2.07. The zero-order chi connectivity index (χ0) is 15.8. The Hall–Kier alpha value is -2.40. The predicted molar refractivity (Wildman–Crippen MR) is 88.0 cm³/mol. The number of ether oxygens (including phenoxy) is 3. The zero-order valence-corrected chi connectivity index (χ0v) is 12.8. The number of hydrogen-bond acceptors (Lipinski definition) is 5. The highest BCUT2D eigenvalue weighted by Gasteiger charge is 2.08. The van der Waals surface area contributed by atoms with Gasteiger partial charge in [-0.05, 0) is 48.5 Å². The summed E-state index contributed by atoms with van der Waals surface area (Å²) < 4.78 is 15.8. The lowest BCUT2D eigenvalue weighted by atomic mass is 10.2. The summed E-state index contributed by atoms with van der Waals surface area (Å²) in [6.45, 7) is 4.01. The first kappa shape index (κ1) is 16.0. The van der Waals surface area contributed by atoms with Crippen molar-refractivity contribution in [2.45, 2.75) is 0 Å². The van der Waals surface area contributed by atoms with Gasteiger partial charge in [0, 0.05) is 0 Å². The van der Waals surface area contributed by atoms with Gasteiger partial charge in [0.15, 0.2) is 0 Å². The Morgan fingerprint density at radius 2 is 1.50 bits per heavy atom. The van der Waals surface area contributed by atoms with Gasteiger partial charge >= 0.3 is 5.97 Å². The first-order valence-corrected chi connectivity index (χ1v) is 7.26. The SMILES string of the molecule is C=CCOc1ccc(OC(=O)c2ccc(OCS)cc2)cc1. The van der Waals surface area contributed by atoms with E-state index < -0.39 is 5.97 Å². The fourth-order valence-electron chi connectivity index (χ4n) is 1.69. The van der Waals surface area contributed by atoms with Crippen LogP contribution < -0.4 is 14.2 Å². The van der Waals surface area contributed by atoms with E-state index in [0.29, 0.717) is 29.4 Å². The molecule has 0 aliphatic carbocycles. The molecule has 0 unspecified atom stereocenters. The van der Waals surface area contributed by atoms with Crippen LogP contribution >= 0.6 is 12.6 Å². The molecule has 0 aliphatic rings. The summed E-state index contributed by atoms with van der Waals surface area (Å²) >= 11 is 3.96. The van der Waals surface area contributed by atoms with E-state index in [1.165, 1.54) is 0 Å². The van der Waals surface area contributed by atoms with Gasteiger partial charge in [-0.15, -0.1) is 12.6 Å². The fraction of sp³-hybridized carbons (Fsp3) is 0.118. The van der Waals surface area contributed by atoms with Crippen molar-refractivity contribution in [3.8, 4) is 17.2 Å². The van der Waals surface area contributed by atoms with Crippen molar-refractivity contribution in [1.29, 1.82) is 0 Å². The van der Waals surface area contributed by atoms with Crippen LogP contribution in [0.3, 0.4) is 0 Å². The summed E-state index contributed by atoms with van der Waals surface area (Å²) in [6, 6.07) is 13.5. The van der Waals surface area contributed by atoms with Crippen molar-refractivity contribution in [1.82, 2.24) is 0 Å². The molecule has 0 aromatic heterocycles. The van der Waals surface area contributed by atoms with Crippen LogP contribution in [0, 0.1) is 0 Å². The Morgan fingerprint density at radius 1 is 0.955 bits per heavy atom. The molecule has 0 N–H and O–H groups in total. The molecule has 2 rings (SSSR count). The average Bonchev–Trinajstić information content (AvgIpc) is 2.55. The molecule has 0 atom stereocenters. The van der Waals surface area contributed by atoms with Crippen LogP contribution in [0.5, 0.6) is 17.2 Å². The molecule has 2 aromatic carbocycles. The smallest absolute Gasteiger partial charge is 0.343 e. The Kier molecular flexibility index (Phi) is 5.91. The number of rotatable bonds is 7. The second-order valence-electron chi connectivity index (χ2n) is 4.26. The van der Waals surface area contributed by atoms with Crippen molar-refractivity contribution < 1.29 is 19.0 Å². The maximum Gasteiger partial charge on any atom is 0.343 e. The first-order valence-electron chi connectivity index (χ1n) is 6.62. The highest BCUT2D eigenvalue weighted by molar-refractivity contribution is 7.80. The Bertz CT molecular complexity index is 620. The summed E-state index contributed by atoms with van der Waals surface area (Å²) in [7, 11) is 0. The van der Waals surface area contributed by atoms with Gasteiger partial charge in [0.25, 0.3) is 0 Å². The number of hydrogen-bond donors (Lipinski definition) is 1. The van der Waals surface area contributed by atoms with Crippen LogP contribution in [0.25, 0.3) is 0 Å². The van der Waals surface area contributed by atoms with E-state index in [0.717, 1.165) is 0 Å². The minimum absolute atomic E-state index is 0.282. The summed E-state index contributed by atoms with van der Waals surface area (Å²) in [5, 5.41) is 0. The Balaban J connectivity index is 1.97. The molecular weight excluding hydrogens is 300 g/mol. The summed E-state index contributed by atoms with van der Waals surface area (Å²) in [5.74, 6) is 1.64. The molecule has 22 heavy (non-hydrogen) atoms. The molecule has 0 saturated carbocycles. The van der Waals surface area contributed by atoms with Gasteiger partial charge in [-0.25, -0.2) is 4.79 Å². The van der Waals surface area contributed by atoms with Gasteiger partial charge in [0.05, 0.1) is 5.56 Å². The van der Waals surface area contributed by atoms with Crippen molar-refractivity contribution >= 4 is 18.6 Å². The van der Waals surface area contributed by atoms with Crippen molar-refractivity contribution in [2.75, 3.05) is 12.5 Å². The van der Waals surface area contributed by atoms with E-state index in [4.69, 9.17) is 14.2 Å². The second kappa shape index (κ2) is 8.14. The van der Waals surface area contributed by atoms with E-state index in [1.807, 2.05) is 0 Å². The van der Waals surface area contributed by atoms with E-state index in [-0.39, 0.29) is 5.94 Å². The van der Waals surface area contributed by atoms with Crippen LogP contribution in [0.4, 0.5) is 0 Å².